The van der Waals surface area contributed by atoms with Crippen molar-refractivity contribution in [3.05, 3.63) is 35.4 Å². The van der Waals surface area contributed by atoms with Crippen molar-refractivity contribution < 1.29 is 14.6 Å². The summed E-state index contributed by atoms with van der Waals surface area (Å²) < 4.78 is 7.64. The van der Waals surface area contributed by atoms with Gasteiger partial charge in [-0.2, -0.15) is 0 Å². The normalized spacial score (nSPS) is 19.9. The monoisotopic (exact) mass is 442 g/mol. The summed E-state index contributed by atoms with van der Waals surface area (Å²) in [6.07, 6.45) is 2.79. The van der Waals surface area contributed by atoms with Crippen molar-refractivity contribution in [2.75, 3.05) is 39.8 Å². The van der Waals surface area contributed by atoms with Crippen LogP contribution in [0.3, 0.4) is 0 Å². The number of phenols is 1. The molecule has 0 bridgehead atoms. The van der Waals surface area contributed by atoms with Crippen LogP contribution in [0.4, 0.5) is 0 Å². The minimum absolute atomic E-state index is 0.0518. The van der Waals surface area contributed by atoms with Crippen LogP contribution < -0.4 is 10.1 Å². The Kier molecular flexibility index (Phi) is 7.26. The van der Waals surface area contributed by atoms with Crippen molar-refractivity contribution in [3.63, 3.8) is 0 Å². The molecule has 0 radical (unpaired) electrons. The van der Waals surface area contributed by atoms with Crippen LogP contribution >= 0.6 is 0 Å². The second-order valence-electron chi connectivity index (χ2n) is 8.73. The number of nitrogens with zero attached hydrogens (tertiary/aromatic N) is 5. The molecule has 3 heterocycles. The molecule has 9 heteroatoms. The fraction of sp³-hybridized carbons (Fsp3) is 0.609. The Morgan fingerprint density at radius 1 is 1.25 bits per heavy atom. The first-order valence-electron chi connectivity index (χ1n) is 11.6. The molecule has 2 aromatic rings. The highest BCUT2D eigenvalue weighted by Gasteiger charge is 2.25. The molecule has 174 valence electrons. The number of hydrogen-bond acceptors (Lipinski definition) is 7. The summed E-state index contributed by atoms with van der Waals surface area (Å²) in [6.45, 7) is 7.76. The number of carbonyl (C=O) groups is 1. The standard InChI is InChI=1S/C23H34N6O3/c1-3-32-19-8-4-6-17(22(19)30)16-28-11-9-20-25-26-21(29(20)13-12-28)14-24-23(31)18-7-5-10-27(2)15-18/h4,6,8,18,30H,3,5,7,9-16H2,1-2H3,(H,24,31)/t18-/m0/s1. The number of amides is 1. The summed E-state index contributed by atoms with van der Waals surface area (Å²) in [7, 11) is 2.07. The van der Waals surface area contributed by atoms with E-state index in [4.69, 9.17) is 4.74 Å². The number of piperidine rings is 1. The smallest absolute Gasteiger partial charge is 0.224 e. The van der Waals surface area contributed by atoms with Gasteiger partial charge in [-0.25, -0.2) is 0 Å². The number of nitrogens with one attached hydrogen (secondary N) is 1. The lowest BCUT2D eigenvalue weighted by Gasteiger charge is -2.28. The molecule has 1 atom stereocenters. The quantitative estimate of drug-likeness (QED) is 0.669. The van der Waals surface area contributed by atoms with E-state index in [2.05, 4.69) is 36.9 Å². The predicted molar refractivity (Wildman–Crippen MR) is 120 cm³/mol. The van der Waals surface area contributed by atoms with Crippen LogP contribution in [0.5, 0.6) is 11.5 Å². The van der Waals surface area contributed by atoms with Crippen LogP contribution in [0.1, 0.15) is 37.0 Å². The van der Waals surface area contributed by atoms with Gasteiger partial charge in [-0.05, 0) is 39.4 Å². The third-order valence-corrected chi connectivity index (χ3v) is 6.39. The van der Waals surface area contributed by atoms with Crippen molar-refractivity contribution in [1.82, 2.24) is 29.9 Å². The fourth-order valence-corrected chi connectivity index (χ4v) is 4.61. The molecule has 1 fully saturated rings. The zero-order valence-corrected chi connectivity index (χ0v) is 19.1. The third-order valence-electron chi connectivity index (χ3n) is 6.39. The summed E-state index contributed by atoms with van der Waals surface area (Å²) in [5.74, 6) is 2.65. The molecule has 2 aliphatic heterocycles. The Balaban J connectivity index is 1.34. The molecule has 9 nitrogen and oxygen atoms in total. The van der Waals surface area contributed by atoms with Crippen LogP contribution in [0.25, 0.3) is 0 Å². The molecule has 4 rings (SSSR count). The molecule has 0 unspecified atom stereocenters. The Bertz CT molecular complexity index is 930. The number of carbonyl (C=O) groups excluding carboxylic acids is 1. The maximum atomic E-state index is 12.6. The number of likely N-dealkylation sites (tertiary alicyclic amines) is 1. The van der Waals surface area contributed by atoms with Gasteiger partial charge in [-0.1, -0.05) is 12.1 Å². The van der Waals surface area contributed by atoms with Crippen LogP contribution in [0, 0.1) is 5.92 Å². The number of benzene rings is 1. The minimum atomic E-state index is 0.0518. The van der Waals surface area contributed by atoms with Gasteiger partial charge in [0.25, 0.3) is 0 Å². The van der Waals surface area contributed by atoms with Crippen LogP contribution in [-0.2, 0) is 30.8 Å². The zero-order valence-electron chi connectivity index (χ0n) is 19.1. The summed E-state index contributed by atoms with van der Waals surface area (Å²) in [5.41, 5.74) is 0.860. The first-order valence-corrected chi connectivity index (χ1v) is 11.6. The van der Waals surface area contributed by atoms with Crippen molar-refractivity contribution in [3.8, 4) is 11.5 Å². The largest absolute Gasteiger partial charge is 0.504 e. The lowest BCUT2D eigenvalue weighted by atomic mass is 9.98. The van der Waals surface area contributed by atoms with E-state index in [-0.39, 0.29) is 17.6 Å². The minimum Gasteiger partial charge on any atom is -0.504 e. The molecule has 1 amide bonds. The number of hydrogen-bond donors (Lipinski definition) is 2. The van der Waals surface area contributed by atoms with Gasteiger partial charge in [-0.15, -0.1) is 10.2 Å². The van der Waals surface area contributed by atoms with Gasteiger partial charge in [0.15, 0.2) is 17.3 Å². The maximum Gasteiger partial charge on any atom is 0.224 e. The third kappa shape index (κ3) is 5.21. The molecular formula is C23H34N6O3. The second kappa shape index (κ2) is 10.3. The van der Waals surface area contributed by atoms with E-state index in [1.807, 2.05) is 19.1 Å². The van der Waals surface area contributed by atoms with Crippen LogP contribution in [0.2, 0.25) is 0 Å². The van der Waals surface area contributed by atoms with Crippen molar-refractivity contribution >= 4 is 5.91 Å². The number of para-hydroxylation sites is 1. The molecule has 32 heavy (non-hydrogen) atoms. The molecule has 2 aliphatic rings. The zero-order chi connectivity index (χ0) is 22.5. The van der Waals surface area contributed by atoms with E-state index in [1.165, 1.54) is 0 Å². The highest BCUT2D eigenvalue weighted by Crippen LogP contribution is 2.31. The maximum absolute atomic E-state index is 12.6. The Hall–Kier alpha value is -2.65. The number of aromatic hydroxyl groups is 1. The van der Waals surface area contributed by atoms with Gasteiger partial charge < -0.3 is 24.6 Å². The Labute approximate surface area is 189 Å². The fourth-order valence-electron chi connectivity index (χ4n) is 4.61. The average molecular weight is 443 g/mol. The molecule has 2 N–H and O–H groups in total. The van der Waals surface area contributed by atoms with Crippen molar-refractivity contribution in [1.29, 1.82) is 0 Å². The summed E-state index contributed by atoms with van der Waals surface area (Å²) >= 11 is 0. The van der Waals surface area contributed by atoms with E-state index in [0.717, 1.165) is 69.2 Å². The van der Waals surface area contributed by atoms with E-state index in [0.29, 0.717) is 25.4 Å². The molecule has 0 spiro atoms. The van der Waals surface area contributed by atoms with Crippen LogP contribution in [0.15, 0.2) is 18.2 Å². The summed E-state index contributed by atoms with van der Waals surface area (Å²) in [4.78, 5) is 17.1. The first kappa shape index (κ1) is 22.5. The second-order valence-corrected chi connectivity index (χ2v) is 8.73. The SMILES string of the molecule is CCOc1cccc(CN2CCc3nnc(CNC(=O)[C@H]4CCCN(C)C4)n3CC2)c1O. The molecular weight excluding hydrogens is 408 g/mol. The lowest BCUT2D eigenvalue weighted by molar-refractivity contribution is -0.126. The van der Waals surface area contributed by atoms with Crippen molar-refractivity contribution in [2.24, 2.45) is 5.92 Å². The van der Waals surface area contributed by atoms with Crippen molar-refractivity contribution in [2.45, 2.75) is 45.8 Å². The van der Waals surface area contributed by atoms with Gasteiger partial charge in [0.2, 0.25) is 5.91 Å². The van der Waals surface area contributed by atoms with E-state index in [1.54, 1.807) is 6.07 Å². The van der Waals surface area contributed by atoms with Crippen LogP contribution in [-0.4, -0.2) is 75.4 Å². The molecule has 1 aromatic carbocycles. The number of rotatable bonds is 7. The van der Waals surface area contributed by atoms with Gasteiger partial charge >= 0.3 is 0 Å². The highest BCUT2D eigenvalue weighted by atomic mass is 16.5. The van der Waals surface area contributed by atoms with E-state index in [9.17, 15) is 9.90 Å². The van der Waals surface area contributed by atoms with E-state index >= 15 is 0 Å². The average Bonchev–Trinajstić information content (AvgIpc) is 3.07. The number of phenolic OH excluding ortho intramolecular Hbond substituents is 1. The van der Waals surface area contributed by atoms with Gasteiger partial charge in [0, 0.05) is 44.7 Å². The lowest BCUT2D eigenvalue weighted by Crippen LogP contribution is -2.41. The molecule has 1 aromatic heterocycles. The number of ether oxygens (including phenoxy) is 1. The topological polar surface area (TPSA) is 95.7 Å². The van der Waals surface area contributed by atoms with Gasteiger partial charge in [0.05, 0.1) is 19.1 Å². The van der Waals surface area contributed by atoms with Gasteiger partial charge in [-0.3, -0.25) is 9.69 Å². The summed E-state index contributed by atoms with van der Waals surface area (Å²) in [6, 6.07) is 5.64. The molecule has 0 aliphatic carbocycles. The number of aromatic nitrogens is 3. The van der Waals surface area contributed by atoms with E-state index < -0.39 is 0 Å². The molecule has 0 saturated carbocycles. The Morgan fingerprint density at radius 2 is 2.12 bits per heavy atom. The highest BCUT2D eigenvalue weighted by molar-refractivity contribution is 5.78. The Morgan fingerprint density at radius 3 is 2.94 bits per heavy atom. The van der Waals surface area contributed by atoms with Gasteiger partial charge in [0.1, 0.15) is 5.82 Å². The first-order chi connectivity index (χ1) is 15.5. The predicted octanol–water partition coefficient (Wildman–Crippen LogP) is 1.40. The number of fused-ring (bicyclic) bond motifs is 1. The summed E-state index contributed by atoms with van der Waals surface area (Å²) in [5, 5.41) is 22.3. The molecule has 1 saturated heterocycles.